The van der Waals surface area contributed by atoms with E-state index in [0.717, 1.165) is 25.7 Å². The Morgan fingerprint density at radius 2 is 1.05 bits per heavy atom. The van der Waals surface area contributed by atoms with E-state index in [9.17, 15) is 9.59 Å². The highest BCUT2D eigenvalue weighted by Crippen LogP contribution is 2.49. The van der Waals surface area contributed by atoms with Crippen LogP contribution in [0.1, 0.15) is 53.4 Å². The molecular weight excluding hydrogens is 252 g/mol. The molecule has 2 bridgehead atoms. The Morgan fingerprint density at radius 1 is 0.750 bits per heavy atom. The highest BCUT2D eigenvalue weighted by atomic mass is 16.2. The molecule has 3 aliphatic rings. The van der Waals surface area contributed by atoms with Gasteiger partial charge in [0.2, 0.25) is 11.8 Å². The molecule has 3 aliphatic carbocycles. The van der Waals surface area contributed by atoms with Crippen LogP contribution in [-0.2, 0) is 9.59 Å². The van der Waals surface area contributed by atoms with E-state index in [0.29, 0.717) is 11.8 Å². The van der Waals surface area contributed by atoms with Gasteiger partial charge in [-0.2, -0.15) is 0 Å². The van der Waals surface area contributed by atoms with Crippen LogP contribution in [0.2, 0.25) is 0 Å². The first-order valence-electron chi connectivity index (χ1n) is 8.01. The SMILES string of the molecule is CC(C)NC(=O)[C@H]1C2CCC(CC2)[C@@H]1C(=O)NC(C)C. The van der Waals surface area contributed by atoms with Gasteiger partial charge in [-0.05, 0) is 65.2 Å². The molecule has 0 radical (unpaired) electrons. The Kier molecular flexibility index (Phi) is 4.71. The van der Waals surface area contributed by atoms with E-state index in [1.54, 1.807) is 0 Å². The van der Waals surface area contributed by atoms with Gasteiger partial charge in [-0.3, -0.25) is 9.59 Å². The largest absolute Gasteiger partial charge is 0.354 e. The van der Waals surface area contributed by atoms with Crippen LogP contribution in [0.25, 0.3) is 0 Å². The number of hydrogen-bond acceptors (Lipinski definition) is 2. The molecule has 0 aromatic carbocycles. The second-order valence-electron chi connectivity index (χ2n) is 7.05. The van der Waals surface area contributed by atoms with Crippen molar-refractivity contribution in [1.82, 2.24) is 10.6 Å². The molecule has 114 valence electrons. The predicted octanol–water partition coefficient (Wildman–Crippen LogP) is 2.09. The molecule has 4 heteroatoms. The highest BCUT2D eigenvalue weighted by molar-refractivity contribution is 5.88. The van der Waals surface area contributed by atoms with Gasteiger partial charge in [0.05, 0.1) is 11.8 Å². The third-order valence-corrected chi connectivity index (χ3v) is 4.69. The number of fused-ring (bicyclic) bond motifs is 3. The predicted molar refractivity (Wildman–Crippen MR) is 79.0 cm³/mol. The van der Waals surface area contributed by atoms with Crippen molar-refractivity contribution in [3.63, 3.8) is 0 Å². The maximum atomic E-state index is 12.5. The lowest BCUT2D eigenvalue weighted by Gasteiger charge is -2.47. The quantitative estimate of drug-likeness (QED) is 0.828. The van der Waals surface area contributed by atoms with E-state index in [4.69, 9.17) is 0 Å². The molecule has 4 nitrogen and oxygen atoms in total. The summed E-state index contributed by atoms with van der Waals surface area (Å²) in [4.78, 5) is 25.0. The van der Waals surface area contributed by atoms with Crippen LogP contribution >= 0.6 is 0 Å². The van der Waals surface area contributed by atoms with E-state index in [1.165, 1.54) is 0 Å². The van der Waals surface area contributed by atoms with Gasteiger partial charge in [-0.25, -0.2) is 0 Å². The first-order valence-corrected chi connectivity index (χ1v) is 8.01. The molecule has 0 aromatic rings. The van der Waals surface area contributed by atoms with E-state index in [-0.39, 0.29) is 35.7 Å². The average Bonchev–Trinajstić information content (AvgIpc) is 2.37. The summed E-state index contributed by atoms with van der Waals surface area (Å²) in [7, 11) is 0. The van der Waals surface area contributed by atoms with Gasteiger partial charge in [0, 0.05) is 12.1 Å². The second kappa shape index (κ2) is 6.15. The molecular formula is C16H28N2O2. The van der Waals surface area contributed by atoms with Crippen LogP contribution in [0.3, 0.4) is 0 Å². The summed E-state index contributed by atoms with van der Waals surface area (Å²) in [5, 5.41) is 6.03. The molecule has 3 saturated carbocycles. The van der Waals surface area contributed by atoms with Crippen LogP contribution in [0, 0.1) is 23.7 Å². The van der Waals surface area contributed by atoms with Crippen LogP contribution in [0.5, 0.6) is 0 Å². The summed E-state index contributed by atoms with van der Waals surface area (Å²) in [5.74, 6) is 0.701. The van der Waals surface area contributed by atoms with Gasteiger partial charge in [-0.1, -0.05) is 0 Å². The Labute approximate surface area is 122 Å². The number of rotatable bonds is 4. The van der Waals surface area contributed by atoms with E-state index in [1.807, 2.05) is 27.7 Å². The lowest BCUT2D eigenvalue weighted by molar-refractivity contribution is -0.146. The van der Waals surface area contributed by atoms with Crippen molar-refractivity contribution in [2.75, 3.05) is 0 Å². The van der Waals surface area contributed by atoms with Crippen LogP contribution in [0.15, 0.2) is 0 Å². The normalized spacial score (nSPS) is 32.5. The van der Waals surface area contributed by atoms with Crippen LogP contribution in [-0.4, -0.2) is 23.9 Å². The Bertz CT molecular complexity index is 335. The number of amides is 2. The molecule has 0 unspecified atom stereocenters. The van der Waals surface area contributed by atoms with Crippen molar-refractivity contribution < 1.29 is 9.59 Å². The third kappa shape index (κ3) is 3.15. The second-order valence-corrected chi connectivity index (χ2v) is 7.05. The van der Waals surface area contributed by atoms with Gasteiger partial charge < -0.3 is 10.6 Å². The van der Waals surface area contributed by atoms with Gasteiger partial charge in [0.15, 0.2) is 0 Å². The summed E-state index contributed by atoms with van der Waals surface area (Å²) in [6.45, 7) is 7.90. The molecule has 2 amide bonds. The van der Waals surface area contributed by atoms with Crippen LogP contribution < -0.4 is 10.6 Å². The lowest BCUT2D eigenvalue weighted by Crippen LogP contribution is -2.54. The molecule has 3 rings (SSSR count). The fourth-order valence-corrected chi connectivity index (χ4v) is 3.97. The third-order valence-electron chi connectivity index (χ3n) is 4.69. The van der Waals surface area contributed by atoms with E-state index in [2.05, 4.69) is 10.6 Å². The Balaban J connectivity index is 2.16. The molecule has 2 N–H and O–H groups in total. The summed E-state index contributed by atoms with van der Waals surface area (Å²) in [6.07, 6.45) is 4.41. The van der Waals surface area contributed by atoms with E-state index < -0.39 is 0 Å². The maximum Gasteiger partial charge on any atom is 0.224 e. The number of nitrogens with one attached hydrogen (secondary N) is 2. The standard InChI is InChI=1S/C16H28N2O2/c1-9(2)17-15(19)13-11-5-7-12(8-6-11)14(13)16(20)18-10(3)4/h9-14H,5-8H2,1-4H3,(H,17,19)(H,18,20)/t11?,12?,13-,14-/m0/s1. The molecule has 0 saturated heterocycles. The maximum absolute atomic E-state index is 12.5. The van der Waals surface area contributed by atoms with Crippen molar-refractivity contribution in [2.45, 2.75) is 65.5 Å². The number of carbonyl (C=O) groups excluding carboxylic acids is 2. The van der Waals surface area contributed by atoms with Gasteiger partial charge in [-0.15, -0.1) is 0 Å². The molecule has 20 heavy (non-hydrogen) atoms. The molecule has 0 aromatic heterocycles. The van der Waals surface area contributed by atoms with Gasteiger partial charge in [0.25, 0.3) is 0 Å². The zero-order valence-corrected chi connectivity index (χ0v) is 13.1. The Hall–Kier alpha value is -1.06. The van der Waals surface area contributed by atoms with Crippen molar-refractivity contribution in [3.05, 3.63) is 0 Å². The summed E-state index contributed by atoms with van der Waals surface area (Å²) in [6, 6.07) is 0.272. The van der Waals surface area contributed by atoms with Crippen molar-refractivity contribution >= 4 is 11.8 Å². The summed E-state index contributed by atoms with van der Waals surface area (Å²) >= 11 is 0. The smallest absolute Gasteiger partial charge is 0.224 e. The van der Waals surface area contributed by atoms with Crippen molar-refractivity contribution in [1.29, 1.82) is 0 Å². The molecule has 2 atom stereocenters. The van der Waals surface area contributed by atoms with Crippen molar-refractivity contribution in [3.8, 4) is 0 Å². The summed E-state index contributed by atoms with van der Waals surface area (Å²) in [5.41, 5.74) is 0. The average molecular weight is 280 g/mol. The van der Waals surface area contributed by atoms with E-state index >= 15 is 0 Å². The number of carbonyl (C=O) groups is 2. The van der Waals surface area contributed by atoms with Gasteiger partial charge >= 0.3 is 0 Å². The topological polar surface area (TPSA) is 58.2 Å². The fourth-order valence-electron chi connectivity index (χ4n) is 3.97. The molecule has 3 fully saturated rings. The lowest BCUT2D eigenvalue weighted by atomic mass is 9.58. The molecule has 0 heterocycles. The molecule has 0 spiro atoms. The van der Waals surface area contributed by atoms with Gasteiger partial charge in [0.1, 0.15) is 0 Å². The monoisotopic (exact) mass is 280 g/mol. The highest BCUT2D eigenvalue weighted by Gasteiger charge is 2.50. The first-order chi connectivity index (χ1) is 9.40. The molecule has 0 aliphatic heterocycles. The minimum absolute atomic E-state index is 0.0818. The summed E-state index contributed by atoms with van der Waals surface area (Å²) < 4.78 is 0. The minimum atomic E-state index is -0.122. The zero-order valence-electron chi connectivity index (χ0n) is 13.1. The minimum Gasteiger partial charge on any atom is -0.354 e. The fraction of sp³-hybridized carbons (Fsp3) is 0.875. The first kappa shape index (κ1) is 15.3. The number of hydrogen-bond donors (Lipinski definition) is 2. The van der Waals surface area contributed by atoms with Crippen molar-refractivity contribution in [2.24, 2.45) is 23.7 Å². The zero-order chi connectivity index (χ0) is 14.9. The van der Waals surface area contributed by atoms with Crippen LogP contribution in [0.4, 0.5) is 0 Å². The Morgan fingerprint density at radius 3 is 1.30 bits per heavy atom.